The largest absolute Gasteiger partial charge is 0.458 e. The number of carbonyl (C=O) groups excluding carboxylic acids is 2. The average molecular weight is 328 g/mol. The van der Waals surface area contributed by atoms with Gasteiger partial charge in [0.1, 0.15) is 11.6 Å². The molecule has 0 aromatic carbocycles. The minimum atomic E-state index is -0.583. The maximum absolute atomic E-state index is 11.8. The summed E-state index contributed by atoms with van der Waals surface area (Å²) in [7, 11) is 0. The van der Waals surface area contributed by atoms with Crippen LogP contribution in [0.25, 0.3) is 0 Å². The molecule has 23 heavy (non-hydrogen) atoms. The van der Waals surface area contributed by atoms with Crippen molar-refractivity contribution in [2.45, 2.75) is 110 Å². The standard InChI is InChI=1S/C19H37NO3/c1-6-7-8-9-10-11-12-13-14-15-17(21)20-16(2)18(22)23-19(3,4)5/h16H,6-15H2,1-5H3,(H,20,21)/t16-/m0/s1. The second kappa shape index (κ2) is 12.4. The Labute approximate surface area is 142 Å². The Hall–Kier alpha value is -1.06. The fourth-order valence-corrected chi connectivity index (χ4v) is 2.36. The highest BCUT2D eigenvalue weighted by molar-refractivity contribution is 5.84. The highest BCUT2D eigenvalue weighted by atomic mass is 16.6. The minimum Gasteiger partial charge on any atom is -0.458 e. The summed E-state index contributed by atoms with van der Waals surface area (Å²) in [5, 5.41) is 2.71. The Morgan fingerprint density at radius 3 is 1.87 bits per heavy atom. The molecule has 0 radical (unpaired) electrons. The molecule has 0 aliphatic carbocycles. The molecule has 136 valence electrons. The highest BCUT2D eigenvalue weighted by Crippen LogP contribution is 2.11. The first-order valence-corrected chi connectivity index (χ1v) is 9.28. The maximum atomic E-state index is 11.8. The molecule has 0 bridgehead atoms. The Bertz CT molecular complexity index is 334. The predicted octanol–water partition coefficient (Wildman–Crippen LogP) is 4.75. The zero-order valence-electron chi connectivity index (χ0n) is 15.9. The summed E-state index contributed by atoms with van der Waals surface area (Å²) in [6.45, 7) is 9.36. The third kappa shape index (κ3) is 14.3. The Morgan fingerprint density at radius 2 is 1.39 bits per heavy atom. The van der Waals surface area contributed by atoms with Crippen molar-refractivity contribution >= 4 is 11.9 Å². The van der Waals surface area contributed by atoms with Crippen molar-refractivity contribution in [1.29, 1.82) is 0 Å². The van der Waals surface area contributed by atoms with E-state index in [1.54, 1.807) is 6.92 Å². The molecule has 1 atom stereocenters. The van der Waals surface area contributed by atoms with Crippen molar-refractivity contribution in [3.8, 4) is 0 Å². The molecule has 0 aliphatic heterocycles. The molecule has 0 unspecified atom stereocenters. The summed E-state index contributed by atoms with van der Waals surface area (Å²) < 4.78 is 5.24. The number of hydrogen-bond donors (Lipinski definition) is 1. The van der Waals surface area contributed by atoms with Crippen LogP contribution in [0.15, 0.2) is 0 Å². The van der Waals surface area contributed by atoms with Crippen LogP contribution in [0, 0.1) is 0 Å². The van der Waals surface area contributed by atoms with E-state index in [1.807, 2.05) is 20.8 Å². The molecular formula is C19H37NO3. The summed E-state index contributed by atoms with van der Waals surface area (Å²) in [5.41, 5.74) is -0.521. The van der Waals surface area contributed by atoms with E-state index in [-0.39, 0.29) is 11.9 Å². The first kappa shape index (κ1) is 21.9. The molecule has 0 saturated carbocycles. The third-order valence-corrected chi connectivity index (χ3v) is 3.65. The van der Waals surface area contributed by atoms with E-state index in [1.165, 1.54) is 44.9 Å². The van der Waals surface area contributed by atoms with Crippen molar-refractivity contribution < 1.29 is 14.3 Å². The second-order valence-electron chi connectivity index (χ2n) is 7.40. The summed E-state index contributed by atoms with van der Waals surface area (Å²) in [6.07, 6.45) is 11.5. The van der Waals surface area contributed by atoms with Crippen LogP contribution in [-0.4, -0.2) is 23.5 Å². The van der Waals surface area contributed by atoms with E-state index in [9.17, 15) is 9.59 Å². The van der Waals surface area contributed by atoms with Gasteiger partial charge in [0.25, 0.3) is 0 Å². The maximum Gasteiger partial charge on any atom is 0.328 e. The van der Waals surface area contributed by atoms with Gasteiger partial charge in [0.15, 0.2) is 0 Å². The predicted molar refractivity (Wildman–Crippen MR) is 95.3 cm³/mol. The zero-order valence-corrected chi connectivity index (χ0v) is 15.9. The highest BCUT2D eigenvalue weighted by Gasteiger charge is 2.22. The summed E-state index contributed by atoms with van der Waals surface area (Å²) >= 11 is 0. The van der Waals surface area contributed by atoms with Gasteiger partial charge in [0.05, 0.1) is 0 Å². The molecular weight excluding hydrogens is 290 g/mol. The van der Waals surface area contributed by atoms with E-state index in [0.717, 1.165) is 12.8 Å². The minimum absolute atomic E-state index is 0.0636. The van der Waals surface area contributed by atoms with Crippen molar-refractivity contribution in [3.63, 3.8) is 0 Å². The fraction of sp³-hybridized carbons (Fsp3) is 0.895. The molecule has 0 aromatic heterocycles. The molecule has 1 N–H and O–H groups in total. The van der Waals surface area contributed by atoms with E-state index < -0.39 is 11.6 Å². The number of hydrogen-bond acceptors (Lipinski definition) is 3. The van der Waals surface area contributed by atoms with Crippen molar-refractivity contribution in [2.24, 2.45) is 0 Å². The number of carbonyl (C=O) groups is 2. The smallest absolute Gasteiger partial charge is 0.328 e. The number of esters is 1. The lowest BCUT2D eigenvalue weighted by Gasteiger charge is -2.22. The third-order valence-electron chi connectivity index (χ3n) is 3.65. The van der Waals surface area contributed by atoms with Crippen molar-refractivity contribution in [1.82, 2.24) is 5.32 Å². The van der Waals surface area contributed by atoms with Crippen LogP contribution in [0.3, 0.4) is 0 Å². The van der Waals surface area contributed by atoms with E-state index in [0.29, 0.717) is 6.42 Å². The van der Waals surface area contributed by atoms with Crippen LogP contribution in [0.2, 0.25) is 0 Å². The topological polar surface area (TPSA) is 55.4 Å². The van der Waals surface area contributed by atoms with Gasteiger partial charge < -0.3 is 10.1 Å². The van der Waals surface area contributed by atoms with Gasteiger partial charge in [-0.05, 0) is 34.1 Å². The Morgan fingerprint density at radius 1 is 0.913 bits per heavy atom. The van der Waals surface area contributed by atoms with Crippen LogP contribution in [0.5, 0.6) is 0 Å². The molecule has 1 amide bonds. The normalized spacial score (nSPS) is 12.7. The van der Waals surface area contributed by atoms with Crippen LogP contribution in [-0.2, 0) is 14.3 Å². The average Bonchev–Trinajstić information content (AvgIpc) is 2.43. The molecule has 0 aromatic rings. The Balaban J connectivity index is 3.62. The van der Waals surface area contributed by atoms with Gasteiger partial charge in [-0.15, -0.1) is 0 Å². The molecule has 4 heteroatoms. The molecule has 0 fully saturated rings. The molecule has 0 spiro atoms. The second-order valence-corrected chi connectivity index (χ2v) is 7.40. The summed E-state index contributed by atoms with van der Waals surface area (Å²) in [4.78, 5) is 23.6. The number of unbranched alkanes of at least 4 members (excludes halogenated alkanes) is 8. The van der Waals surface area contributed by atoms with Gasteiger partial charge in [-0.25, -0.2) is 4.79 Å². The van der Waals surface area contributed by atoms with Crippen LogP contribution in [0.1, 0.15) is 98.8 Å². The number of rotatable bonds is 12. The lowest BCUT2D eigenvalue weighted by atomic mass is 10.1. The van der Waals surface area contributed by atoms with Crippen LogP contribution < -0.4 is 5.32 Å². The van der Waals surface area contributed by atoms with Gasteiger partial charge in [-0.3, -0.25) is 4.79 Å². The number of amides is 1. The van der Waals surface area contributed by atoms with Crippen molar-refractivity contribution in [3.05, 3.63) is 0 Å². The summed E-state index contributed by atoms with van der Waals surface area (Å²) in [6, 6.07) is -0.583. The fourth-order valence-electron chi connectivity index (χ4n) is 2.36. The van der Waals surface area contributed by atoms with Gasteiger partial charge in [0.2, 0.25) is 5.91 Å². The van der Waals surface area contributed by atoms with Gasteiger partial charge in [-0.1, -0.05) is 58.3 Å². The van der Waals surface area contributed by atoms with Gasteiger partial charge in [0, 0.05) is 6.42 Å². The molecule has 4 nitrogen and oxygen atoms in total. The Kier molecular flexibility index (Phi) is 11.8. The summed E-state index contributed by atoms with van der Waals surface area (Å²) in [5.74, 6) is -0.441. The van der Waals surface area contributed by atoms with Crippen LogP contribution >= 0.6 is 0 Å². The quantitative estimate of drug-likeness (QED) is 0.415. The first-order chi connectivity index (χ1) is 10.8. The molecule has 0 aliphatic rings. The lowest BCUT2D eigenvalue weighted by molar-refractivity contribution is -0.158. The number of ether oxygens (including phenoxy) is 1. The molecule has 0 rings (SSSR count). The van der Waals surface area contributed by atoms with Crippen molar-refractivity contribution in [2.75, 3.05) is 0 Å². The number of nitrogens with one attached hydrogen (secondary N) is 1. The van der Waals surface area contributed by atoms with Crippen LogP contribution in [0.4, 0.5) is 0 Å². The zero-order chi connectivity index (χ0) is 17.7. The molecule has 0 heterocycles. The van der Waals surface area contributed by atoms with Gasteiger partial charge >= 0.3 is 5.97 Å². The van der Waals surface area contributed by atoms with E-state index in [4.69, 9.17) is 4.74 Å². The first-order valence-electron chi connectivity index (χ1n) is 9.28. The SMILES string of the molecule is CCCCCCCCCCCC(=O)N[C@@H](C)C(=O)OC(C)(C)C. The lowest BCUT2D eigenvalue weighted by Crippen LogP contribution is -2.42. The molecule has 0 saturated heterocycles. The van der Waals surface area contributed by atoms with Gasteiger partial charge in [-0.2, -0.15) is 0 Å². The van der Waals surface area contributed by atoms with E-state index >= 15 is 0 Å². The van der Waals surface area contributed by atoms with E-state index in [2.05, 4.69) is 12.2 Å². The monoisotopic (exact) mass is 327 g/mol.